The molecule has 7 heteroatoms. The third kappa shape index (κ3) is 2.33. The van der Waals surface area contributed by atoms with Gasteiger partial charge in [0.25, 0.3) is 5.91 Å². The van der Waals surface area contributed by atoms with Crippen LogP contribution in [0.1, 0.15) is 29.2 Å². The molecule has 0 aliphatic carbocycles. The van der Waals surface area contributed by atoms with Crippen LogP contribution in [0.3, 0.4) is 0 Å². The second kappa shape index (κ2) is 5.68. The summed E-state index contributed by atoms with van der Waals surface area (Å²) in [4.78, 5) is 15.8. The highest BCUT2D eigenvalue weighted by Gasteiger charge is 2.23. The fourth-order valence-electron chi connectivity index (χ4n) is 3.40. The number of nitrogens with two attached hydrogens (primary N) is 2. The third-order valence-electron chi connectivity index (χ3n) is 4.44. The fraction of sp³-hybridized carbons (Fsp3) is 0.294. The van der Waals surface area contributed by atoms with Gasteiger partial charge < -0.3 is 25.2 Å². The molecule has 4 N–H and O–H groups in total. The number of carbonyl (C=O) groups is 1. The average molecular weight is 326 g/mol. The van der Waals surface area contributed by atoms with Crippen molar-refractivity contribution in [2.24, 2.45) is 16.5 Å². The number of nitrogens with zero attached hydrogens (tertiary/aromatic N) is 2. The number of aliphatic imine (C=N–C) groups is 1. The number of rotatable bonds is 2. The molecule has 1 aliphatic heterocycles. The molecular formula is C17H18N4O3. The average Bonchev–Trinajstić information content (AvgIpc) is 3.14. The maximum Gasteiger partial charge on any atom is 0.280 e. The van der Waals surface area contributed by atoms with Crippen molar-refractivity contribution in [3.05, 3.63) is 36.1 Å². The van der Waals surface area contributed by atoms with Gasteiger partial charge in [-0.3, -0.25) is 4.79 Å². The van der Waals surface area contributed by atoms with E-state index in [1.807, 2.05) is 18.2 Å². The summed E-state index contributed by atoms with van der Waals surface area (Å²) in [5.74, 6) is -0.693. The molecule has 0 atom stereocenters. The van der Waals surface area contributed by atoms with Gasteiger partial charge in [-0.25, -0.2) is 0 Å². The molecule has 24 heavy (non-hydrogen) atoms. The molecule has 3 aromatic rings. The van der Waals surface area contributed by atoms with Gasteiger partial charge in [-0.05, 0) is 31.0 Å². The van der Waals surface area contributed by atoms with Crippen LogP contribution in [-0.4, -0.2) is 29.6 Å². The van der Waals surface area contributed by atoms with Crippen LogP contribution >= 0.6 is 0 Å². The number of aromatic nitrogens is 1. The Balaban J connectivity index is 1.91. The molecule has 3 heterocycles. The van der Waals surface area contributed by atoms with Crippen LogP contribution in [0.15, 0.2) is 39.9 Å². The number of hydrogen-bond acceptors (Lipinski definition) is 3. The highest BCUT2D eigenvalue weighted by molar-refractivity contribution is 6.09. The number of hydrogen-bond donors (Lipinski definition) is 2. The molecule has 7 nitrogen and oxygen atoms in total. The van der Waals surface area contributed by atoms with Crippen LogP contribution in [0.5, 0.6) is 0 Å². The lowest BCUT2D eigenvalue weighted by Gasteiger charge is -2.25. The van der Waals surface area contributed by atoms with E-state index in [1.165, 1.54) is 0 Å². The van der Waals surface area contributed by atoms with Crippen LogP contribution in [0.2, 0.25) is 0 Å². The number of ether oxygens (including phenoxy) is 1. The van der Waals surface area contributed by atoms with Crippen molar-refractivity contribution in [3.8, 4) is 0 Å². The maximum atomic E-state index is 12.1. The van der Waals surface area contributed by atoms with E-state index < -0.39 is 5.91 Å². The minimum atomic E-state index is -0.451. The van der Waals surface area contributed by atoms with Crippen molar-refractivity contribution >= 4 is 33.9 Å². The summed E-state index contributed by atoms with van der Waals surface area (Å²) >= 11 is 0. The minimum Gasteiger partial charge on any atom is -0.462 e. The molecule has 0 spiro atoms. The summed E-state index contributed by atoms with van der Waals surface area (Å²) in [7, 11) is 0. The van der Waals surface area contributed by atoms with Gasteiger partial charge in [0.1, 0.15) is 0 Å². The zero-order chi connectivity index (χ0) is 16.7. The van der Waals surface area contributed by atoms with Gasteiger partial charge in [0.2, 0.25) is 0 Å². The summed E-state index contributed by atoms with van der Waals surface area (Å²) in [5, 5.41) is 0.975. The lowest BCUT2D eigenvalue weighted by Crippen LogP contribution is -2.24. The highest BCUT2D eigenvalue weighted by atomic mass is 16.5. The Morgan fingerprint density at radius 3 is 2.71 bits per heavy atom. The molecule has 0 radical (unpaired) electrons. The van der Waals surface area contributed by atoms with Crippen molar-refractivity contribution < 1.29 is 13.9 Å². The molecule has 1 fully saturated rings. The zero-order valence-electron chi connectivity index (χ0n) is 13.1. The minimum absolute atomic E-state index is 0.242. The summed E-state index contributed by atoms with van der Waals surface area (Å²) in [6.45, 7) is 1.46. The number of carbonyl (C=O) groups excluding carboxylic acids is 1. The smallest absolute Gasteiger partial charge is 0.280 e. The standard InChI is InChI=1S/C17H18N4O3/c18-17(19)20-16(22)10-1-2-12-14(9-10)21(11-3-6-23-7-4-11)13-5-8-24-15(12)13/h1-2,5,8-9,11H,3-4,6-7H2,(H4,18,19,20,22). The van der Waals surface area contributed by atoms with E-state index in [0.717, 1.165) is 48.1 Å². The molecule has 1 aliphatic rings. The molecule has 2 aromatic heterocycles. The van der Waals surface area contributed by atoms with Gasteiger partial charge in [-0.2, -0.15) is 4.99 Å². The van der Waals surface area contributed by atoms with Gasteiger partial charge in [-0.1, -0.05) is 0 Å². The van der Waals surface area contributed by atoms with Crippen molar-refractivity contribution in [1.29, 1.82) is 0 Å². The molecule has 124 valence electrons. The van der Waals surface area contributed by atoms with E-state index in [-0.39, 0.29) is 5.96 Å². The second-order valence-corrected chi connectivity index (χ2v) is 5.92. The first-order chi connectivity index (χ1) is 11.6. The van der Waals surface area contributed by atoms with Crippen molar-refractivity contribution in [2.75, 3.05) is 13.2 Å². The van der Waals surface area contributed by atoms with Crippen molar-refractivity contribution in [2.45, 2.75) is 18.9 Å². The number of guanidine groups is 1. The molecule has 1 amide bonds. The molecule has 0 saturated carbocycles. The van der Waals surface area contributed by atoms with Crippen molar-refractivity contribution in [1.82, 2.24) is 4.57 Å². The predicted octanol–water partition coefficient (Wildman–Crippen LogP) is 2.15. The first kappa shape index (κ1) is 14.8. The summed E-state index contributed by atoms with van der Waals surface area (Å²) in [6.07, 6.45) is 3.55. The van der Waals surface area contributed by atoms with Gasteiger partial charge in [0, 0.05) is 36.3 Å². The van der Waals surface area contributed by atoms with E-state index in [1.54, 1.807) is 12.3 Å². The number of amides is 1. The fourth-order valence-corrected chi connectivity index (χ4v) is 3.40. The summed E-state index contributed by atoms with van der Waals surface area (Å²) < 4.78 is 13.4. The first-order valence-electron chi connectivity index (χ1n) is 7.88. The normalized spacial score (nSPS) is 15.8. The molecule has 4 rings (SSSR count). The van der Waals surface area contributed by atoms with Gasteiger partial charge in [0.15, 0.2) is 11.5 Å². The van der Waals surface area contributed by atoms with Gasteiger partial charge in [-0.15, -0.1) is 0 Å². The lowest BCUT2D eigenvalue weighted by molar-refractivity contribution is 0.0717. The Bertz CT molecular complexity index is 943. The predicted molar refractivity (Wildman–Crippen MR) is 90.9 cm³/mol. The Morgan fingerprint density at radius 2 is 1.96 bits per heavy atom. The van der Waals surface area contributed by atoms with Gasteiger partial charge in [0.05, 0.1) is 17.3 Å². The summed E-state index contributed by atoms with van der Waals surface area (Å²) in [6, 6.07) is 7.70. The van der Waals surface area contributed by atoms with Crippen molar-refractivity contribution in [3.63, 3.8) is 0 Å². The maximum absolute atomic E-state index is 12.1. The molecule has 1 saturated heterocycles. The highest BCUT2D eigenvalue weighted by Crippen LogP contribution is 2.36. The Kier molecular flexibility index (Phi) is 3.50. The Labute approximate surface area is 137 Å². The lowest BCUT2D eigenvalue weighted by atomic mass is 10.1. The molecule has 1 aromatic carbocycles. The van der Waals surface area contributed by atoms with E-state index in [2.05, 4.69) is 9.56 Å². The Morgan fingerprint density at radius 1 is 1.17 bits per heavy atom. The number of furan rings is 1. The van der Waals surface area contributed by atoms with E-state index in [9.17, 15) is 4.79 Å². The number of benzene rings is 1. The van der Waals surface area contributed by atoms with Crippen LogP contribution in [0.4, 0.5) is 0 Å². The third-order valence-corrected chi connectivity index (χ3v) is 4.44. The molecule has 0 unspecified atom stereocenters. The quantitative estimate of drug-likeness (QED) is 0.554. The van der Waals surface area contributed by atoms with Crippen LogP contribution in [-0.2, 0) is 4.74 Å². The topological polar surface area (TPSA) is 109 Å². The SMILES string of the molecule is NC(N)=NC(=O)c1ccc2c3occc3n(C3CCOCC3)c2c1. The van der Waals surface area contributed by atoms with E-state index in [0.29, 0.717) is 11.6 Å². The van der Waals surface area contributed by atoms with Crippen LogP contribution < -0.4 is 11.5 Å². The zero-order valence-corrected chi connectivity index (χ0v) is 13.1. The monoisotopic (exact) mass is 326 g/mol. The van der Waals surface area contributed by atoms with Crippen LogP contribution in [0.25, 0.3) is 22.0 Å². The Hall–Kier alpha value is -2.80. The largest absolute Gasteiger partial charge is 0.462 e. The van der Waals surface area contributed by atoms with Gasteiger partial charge >= 0.3 is 0 Å². The first-order valence-corrected chi connectivity index (χ1v) is 7.88. The summed E-state index contributed by atoms with van der Waals surface area (Å²) in [5.41, 5.74) is 13.9. The van der Waals surface area contributed by atoms with E-state index >= 15 is 0 Å². The molecule has 0 bridgehead atoms. The molecular weight excluding hydrogens is 308 g/mol. The second-order valence-electron chi connectivity index (χ2n) is 5.92. The van der Waals surface area contributed by atoms with E-state index in [4.69, 9.17) is 20.6 Å². The number of fused-ring (bicyclic) bond motifs is 3. The van der Waals surface area contributed by atoms with Crippen LogP contribution in [0, 0.1) is 0 Å².